The number of anilines is 1. The van der Waals surface area contributed by atoms with Crippen LogP contribution >= 0.6 is 0 Å². The normalized spacial score (nSPS) is 11.9. The number of hydrogen-bond donors (Lipinski definition) is 0. The van der Waals surface area contributed by atoms with Crippen LogP contribution in [0.25, 0.3) is 0 Å². The molecule has 1 aromatic heterocycles. The molecule has 0 fully saturated rings. The van der Waals surface area contributed by atoms with Crippen molar-refractivity contribution in [3.8, 4) is 11.5 Å². The van der Waals surface area contributed by atoms with Crippen LogP contribution in [0.1, 0.15) is 38.8 Å². The van der Waals surface area contributed by atoms with E-state index in [9.17, 15) is 8.42 Å². The van der Waals surface area contributed by atoms with Gasteiger partial charge in [0.25, 0.3) is 0 Å². The molecule has 0 aliphatic heterocycles. The second kappa shape index (κ2) is 8.88. The number of pyridine rings is 1. The fourth-order valence-electron chi connectivity index (χ4n) is 3.03. The molecule has 0 N–H and O–H groups in total. The largest absolute Gasteiger partial charge is 0.457 e. The SMILES string of the molecule is CCS(=O)(=O)N(Cc1cccnc1)c1cccc(Oc2cccc(C(C)(C)C)c2)c1. The monoisotopic (exact) mass is 424 g/mol. The first-order chi connectivity index (χ1) is 14.2. The first kappa shape index (κ1) is 21.8. The average molecular weight is 425 g/mol. The smallest absolute Gasteiger partial charge is 0.235 e. The molecule has 0 saturated heterocycles. The van der Waals surface area contributed by atoms with E-state index in [-0.39, 0.29) is 17.7 Å². The van der Waals surface area contributed by atoms with Crippen LogP contribution < -0.4 is 9.04 Å². The summed E-state index contributed by atoms with van der Waals surface area (Å²) in [4.78, 5) is 4.09. The third-order valence-electron chi connectivity index (χ3n) is 4.79. The highest BCUT2D eigenvalue weighted by Gasteiger charge is 2.22. The van der Waals surface area contributed by atoms with Gasteiger partial charge in [0, 0.05) is 18.5 Å². The Morgan fingerprint density at radius 2 is 1.67 bits per heavy atom. The van der Waals surface area contributed by atoms with Gasteiger partial charge in [-0.3, -0.25) is 9.29 Å². The van der Waals surface area contributed by atoms with E-state index in [2.05, 4.69) is 31.8 Å². The van der Waals surface area contributed by atoms with E-state index in [0.717, 1.165) is 11.3 Å². The lowest BCUT2D eigenvalue weighted by Gasteiger charge is -2.24. The summed E-state index contributed by atoms with van der Waals surface area (Å²) in [7, 11) is -3.48. The highest BCUT2D eigenvalue weighted by Crippen LogP contribution is 2.31. The third kappa shape index (κ3) is 5.39. The number of hydrogen-bond acceptors (Lipinski definition) is 4. The van der Waals surface area contributed by atoms with Crippen molar-refractivity contribution in [1.82, 2.24) is 4.98 Å². The Labute approximate surface area is 179 Å². The van der Waals surface area contributed by atoms with Gasteiger partial charge >= 0.3 is 0 Å². The lowest BCUT2D eigenvalue weighted by molar-refractivity contribution is 0.478. The Hall–Kier alpha value is -2.86. The Balaban J connectivity index is 1.92. The summed E-state index contributed by atoms with van der Waals surface area (Å²) in [6.07, 6.45) is 3.35. The molecule has 0 atom stereocenters. The van der Waals surface area contributed by atoms with Gasteiger partial charge in [-0.2, -0.15) is 0 Å². The highest BCUT2D eigenvalue weighted by molar-refractivity contribution is 7.92. The number of benzene rings is 2. The van der Waals surface area contributed by atoms with Crippen molar-refractivity contribution in [3.63, 3.8) is 0 Å². The van der Waals surface area contributed by atoms with Crippen LogP contribution in [0.3, 0.4) is 0 Å². The number of ether oxygens (including phenoxy) is 1. The zero-order chi connectivity index (χ0) is 21.8. The summed E-state index contributed by atoms with van der Waals surface area (Å²) in [5.41, 5.74) is 2.56. The number of aromatic nitrogens is 1. The molecule has 0 saturated carbocycles. The molecular weight excluding hydrogens is 396 g/mol. The molecule has 3 rings (SSSR count). The van der Waals surface area contributed by atoms with Crippen LogP contribution in [0.5, 0.6) is 11.5 Å². The molecule has 0 amide bonds. The van der Waals surface area contributed by atoms with E-state index in [1.807, 2.05) is 30.3 Å². The second-order valence-electron chi connectivity index (χ2n) is 8.15. The number of sulfonamides is 1. The van der Waals surface area contributed by atoms with Gasteiger partial charge in [-0.05, 0) is 53.8 Å². The molecular formula is C24H28N2O3S. The zero-order valence-corrected chi connectivity index (χ0v) is 18.7. The molecule has 0 bridgehead atoms. The topological polar surface area (TPSA) is 59.5 Å². The zero-order valence-electron chi connectivity index (χ0n) is 17.9. The maximum atomic E-state index is 12.8. The van der Waals surface area contributed by atoms with Gasteiger partial charge in [0.2, 0.25) is 10.0 Å². The van der Waals surface area contributed by atoms with Crippen molar-refractivity contribution in [2.45, 2.75) is 39.7 Å². The van der Waals surface area contributed by atoms with E-state index >= 15 is 0 Å². The average Bonchev–Trinajstić information content (AvgIpc) is 2.72. The Morgan fingerprint density at radius 3 is 2.30 bits per heavy atom. The Kier molecular flexibility index (Phi) is 6.46. The van der Waals surface area contributed by atoms with Crippen molar-refractivity contribution in [3.05, 3.63) is 84.2 Å². The van der Waals surface area contributed by atoms with Crippen molar-refractivity contribution < 1.29 is 13.2 Å². The fourth-order valence-corrected chi connectivity index (χ4v) is 4.12. The van der Waals surface area contributed by atoms with E-state index in [4.69, 9.17) is 4.74 Å². The van der Waals surface area contributed by atoms with Crippen molar-refractivity contribution in [2.75, 3.05) is 10.1 Å². The lowest BCUT2D eigenvalue weighted by atomic mass is 9.87. The third-order valence-corrected chi connectivity index (χ3v) is 6.53. The molecule has 3 aromatic rings. The summed E-state index contributed by atoms with van der Waals surface area (Å²) >= 11 is 0. The Morgan fingerprint density at radius 1 is 0.967 bits per heavy atom. The molecule has 5 nitrogen and oxygen atoms in total. The first-order valence-electron chi connectivity index (χ1n) is 9.97. The van der Waals surface area contributed by atoms with E-state index in [1.54, 1.807) is 43.6 Å². The highest BCUT2D eigenvalue weighted by atomic mass is 32.2. The van der Waals surface area contributed by atoms with Gasteiger partial charge in [-0.1, -0.05) is 45.0 Å². The maximum absolute atomic E-state index is 12.8. The van der Waals surface area contributed by atoms with Crippen LogP contribution in [0, 0.1) is 0 Å². The summed E-state index contributed by atoms with van der Waals surface area (Å²) in [5, 5.41) is 0. The van der Waals surface area contributed by atoms with Gasteiger partial charge in [0.15, 0.2) is 0 Å². The van der Waals surface area contributed by atoms with Crippen LogP contribution in [-0.2, 0) is 22.0 Å². The molecule has 0 unspecified atom stereocenters. The molecule has 30 heavy (non-hydrogen) atoms. The van der Waals surface area contributed by atoms with E-state index in [0.29, 0.717) is 11.4 Å². The molecule has 1 heterocycles. The van der Waals surface area contributed by atoms with Crippen LogP contribution in [0.2, 0.25) is 0 Å². The molecule has 158 valence electrons. The fraction of sp³-hybridized carbons (Fsp3) is 0.292. The molecule has 0 aliphatic rings. The molecule has 0 radical (unpaired) electrons. The minimum Gasteiger partial charge on any atom is -0.457 e. The van der Waals surface area contributed by atoms with Gasteiger partial charge < -0.3 is 4.74 Å². The van der Waals surface area contributed by atoms with Gasteiger partial charge in [-0.25, -0.2) is 8.42 Å². The van der Waals surface area contributed by atoms with E-state index < -0.39 is 10.0 Å². The molecule has 0 spiro atoms. The van der Waals surface area contributed by atoms with Gasteiger partial charge in [0.05, 0.1) is 18.0 Å². The predicted molar refractivity (Wildman–Crippen MR) is 122 cm³/mol. The van der Waals surface area contributed by atoms with Crippen molar-refractivity contribution >= 4 is 15.7 Å². The van der Waals surface area contributed by atoms with Gasteiger partial charge in [0.1, 0.15) is 11.5 Å². The maximum Gasteiger partial charge on any atom is 0.235 e. The summed E-state index contributed by atoms with van der Waals surface area (Å²) < 4.78 is 33.1. The number of nitrogens with zero attached hydrogens (tertiary/aromatic N) is 2. The molecule has 0 aliphatic carbocycles. The van der Waals surface area contributed by atoms with Crippen LogP contribution in [-0.4, -0.2) is 19.2 Å². The summed E-state index contributed by atoms with van der Waals surface area (Å²) in [6.45, 7) is 8.31. The summed E-state index contributed by atoms with van der Waals surface area (Å²) in [6, 6.07) is 18.8. The summed E-state index contributed by atoms with van der Waals surface area (Å²) in [5.74, 6) is 1.31. The second-order valence-corrected chi connectivity index (χ2v) is 10.3. The predicted octanol–water partition coefficient (Wildman–Crippen LogP) is 5.53. The van der Waals surface area contributed by atoms with Crippen LogP contribution in [0.4, 0.5) is 5.69 Å². The van der Waals surface area contributed by atoms with Crippen molar-refractivity contribution in [2.24, 2.45) is 0 Å². The van der Waals surface area contributed by atoms with Crippen LogP contribution in [0.15, 0.2) is 73.1 Å². The quantitative estimate of drug-likeness (QED) is 0.500. The van der Waals surface area contributed by atoms with E-state index in [1.165, 1.54) is 9.87 Å². The lowest BCUT2D eigenvalue weighted by Crippen LogP contribution is -2.31. The van der Waals surface area contributed by atoms with Gasteiger partial charge in [-0.15, -0.1) is 0 Å². The standard InChI is InChI=1S/C24H28N2O3S/c1-5-30(27,28)26(18-19-9-8-14-25-17-19)21-11-7-13-23(16-21)29-22-12-6-10-20(15-22)24(2,3)4/h6-17H,5,18H2,1-4H3. The first-order valence-corrected chi connectivity index (χ1v) is 11.6. The number of rotatable bonds is 7. The minimum atomic E-state index is -3.48. The Bertz CT molecular complexity index is 1090. The molecule has 6 heteroatoms. The van der Waals surface area contributed by atoms with Crippen molar-refractivity contribution in [1.29, 1.82) is 0 Å². The minimum absolute atomic E-state index is 0.00593. The molecule has 2 aromatic carbocycles.